The molecule has 0 aliphatic heterocycles. The van der Waals surface area contributed by atoms with Crippen molar-refractivity contribution in [3.05, 3.63) is 37.7 Å². The summed E-state index contributed by atoms with van der Waals surface area (Å²) < 4.78 is 3.24. The van der Waals surface area contributed by atoms with Gasteiger partial charge < -0.3 is 5.32 Å². The zero-order chi connectivity index (χ0) is 14.7. The fraction of sp³-hybridized carbons (Fsp3) is 0.533. The fourth-order valence-corrected chi connectivity index (χ4v) is 3.97. The van der Waals surface area contributed by atoms with Crippen LogP contribution in [-0.2, 0) is 19.9 Å². The van der Waals surface area contributed by atoms with E-state index < -0.39 is 0 Å². The van der Waals surface area contributed by atoms with Crippen LogP contribution in [0.25, 0.3) is 0 Å². The predicted molar refractivity (Wildman–Crippen MR) is 89.5 cm³/mol. The third kappa shape index (κ3) is 3.51. The molecule has 0 saturated carbocycles. The topological polar surface area (TPSA) is 29.9 Å². The largest absolute Gasteiger partial charge is 0.309 e. The van der Waals surface area contributed by atoms with Crippen molar-refractivity contribution < 1.29 is 0 Å². The van der Waals surface area contributed by atoms with Crippen LogP contribution in [0, 0.1) is 6.92 Å². The van der Waals surface area contributed by atoms with Gasteiger partial charge in [-0.05, 0) is 53.5 Å². The van der Waals surface area contributed by atoms with Gasteiger partial charge >= 0.3 is 0 Å². The van der Waals surface area contributed by atoms with E-state index in [4.69, 9.17) is 0 Å². The Morgan fingerprint density at radius 3 is 2.65 bits per heavy atom. The standard InChI is InChI=1S/C15H22BrN3S/c1-5-11-8-12(19(4)18-11)9-13(17-6-2)14-7-10(3)15(16)20-14/h7-8,13,17H,5-6,9H2,1-4H3. The maximum absolute atomic E-state index is 4.54. The van der Waals surface area contributed by atoms with E-state index in [2.05, 4.69) is 59.2 Å². The number of nitrogens with one attached hydrogen (secondary N) is 1. The maximum Gasteiger partial charge on any atom is 0.0731 e. The minimum Gasteiger partial charge on any atom is -0.309 e. The number of halogens is 1. The average Bonchev–Trinajstić information content (AvgIpc) is 2.93. The Morgan fingerprint density at radius 1 is 1.40 bits per heavy atom. The minimum absolute atomic E-state index is 0.357. The molecular formula is C15H22BrN3S. The quantitative estimate of drug-likeness (QED) is 0.848. The lowest BCUT2D eigenvalue weighted by Gasteiger charge is -2.16. The van der Waals surface area contributed by atoms with Gasteiger partial charge in [-0.3, -0.25) is 4.68 Å². The van der Waals surface area contributed by atoms with Crippen LogP contribution in [0.2, 0.25) is 0 Å². The molecule has 110 valence electrons. The molecule has 3 nitrogen and oxygen atoms in total. The molecule has 0 bridgehead atoms. The molecule has 1 unspecified atom stereocenters. The van der Waals surface area contributed by atoms with Gasteiger partial charge in [0.25, 0.3) is 0 Å². The Hall–Kier alpha value is -0.650. The molecule has 2 rings (SSSR count). The second-order valence-electron chi connectivity index (χ2n) is 5.02. The highest BCUT2D eigenvalue weighted by molar-refractivity contribution is 9.11. The molecule has 0 amide bonds. The second-order valence-corrected chi connectivity index (χ2v) is 7.43. The molecule has 2 aromatic rings. The molecule has 5 heteroatoms. The number of aryl methyl sites for hydroxylation is 3. The molecule has 0 saturated heterocycles. The van der Waals surface area contributed by atoms with Crippen LogP contribution in [0.5, 0.6) is 0 Å². The fourth-order valence-electron chi connectivity index (χ4n) is 2.32. The zero-order valence-corrected chi connectivity index (χ0v) is 14.9. The van der Waals surface area contributed by atoms with E-state index in [0.717, 1.165) is 19.4 Å². The lowest BCUT2D eigenvalue weighted by atomic mass is 10.1. The van der Waals surface area contributed by atoms with Gasteiger partial charge in [0.2, 0.25) is 0 Å². The van der Waals surface area contributed by atoms with Crippen LogP contribution < -0.4 is 5.32 Å². The molecule has 1 N–H and O–H groups in total. The first-order valence-electron chi connectivity index (χ1n) is 7.06. The number of nitrogens with zero attached hydrogens (tertiary/aromatic N) is 2. The van der Waals surface area contributed by atoms with Gasteiger partial charge in [-0.25, -0.2) is 0 Å². The first kappa shape index (κ1) is 15.7. The van der Waals surface area contributed by atoms with Gasteiger partial charge in [0.15, 0.2) is 0 Å². The lowest BCUT2D eigenvalue weighted by molar-refractivity contribution is 0.535. The third-order valence-corrected chi connectivity index (χ3v) is 5.72. The van der Waals surface area contributed by atoms with E-state index in [1.165, 1.54) is 25.6 Å². The third-order valence-electron chi connectivity index (χ3n) is 3.47. The highest BCUT2D eigenvalue weighted by atomic mass is 79.9. The molecular weight excluding hydrogens is 334 g/mol. The second kappa shape index (κ2) is 6.87. The maximum atomic E-state index is 4.54. The summed E-state index contributed by atoms with van der Waals surface area (Å²) in [5.74, 6) is 0. The monoisotopic (exact) mass is 355 g/mol. The molecule has 0 radical (unpaired) electrons. The van der Waals surface area contributed by atoms with E-state index >= 15 is 0 Å². The Morgan fingerprint density at radius 2 is 2.15 bits per heavy atom. The summed E-state index contributed by atoms with van der Waals surface area (Å²) in [5.41, 5.74) is 3.77. The van der Waals surface area contributed by atoms with Crippen LogP contribution in [0.1, 0.15) is 41.7 Å². The molecule has 0 aromatic carbocycles. The number of hydrogen-bond donors (Lipinski definition) is 1. The van der Waals surface area contributed by atoms with Gasteiger partial charge in [0.1, 0.15) is 0 Å². The van der Waals surface area contributed by atoms with Crippen molar-refractivity contribution in [1.82, 2.24) is 15.1 Å². The van der Waals surface area contributed by atoms with Crippen molar-refractivity contribution in [2.45, 2.75) is 39.7 Å². The van der Waals surface area contributed by atoms with Gasteiger partial charge in [0, 0.05) is 30.1 Å². The van der Waals surface area contributed by atoms with Crippen LogP contribution in [0.4, 0.5) is 0 Å². The lowest BCUT2D eigenvalue weighted by Crippen LogP contribution is -2.23. The first-order chi connectivity index (χ1) is 9.55. The van der Waals surface area contributed by atoms with E-state index in [9.17, 15) is 0 Å². The van der Waals surface area contributed by atoms with Crippen molar-refractivity contribution >= 4 is 27.3 Å². The summed E-state index contributed by atoms with van der Waals surface area (Å²) in [5, 5.41) is 8.13. The summed E-state index contributed by atoms with van der Waals surface area (Å²) in [6, 6.07) is 4.86. The Kier molecular flexibility index (Phi) is 5.41. The number of hydrogen-bond acceptors (Lipinski definition) is 3. The van der Waals surface area contributed by atoms with Crippen molar-refractivity contribution in [3.63, 3.8) is 0 Å². The average molecular weight is 356 g/mol. The number of rotatable bonds is 6. The molecule has 1 atom stereocenters. The summed E-state index contributed by atoms with van der Waals surface area (Å²) >= 11 is 5.45. The minimum atomic E-state index is 0.357. The number of thiophene rings is 1. The summed E-state index contributed by atoms with van der Waals surface area (Å²) in [7, 11) is 2.03. The van der Waals surface area contributed by atoms with Crippen LogP contribution in [0.3, 0.4) is 0 Å². The Balaban J connectivity index is 2.22. The zero-order valence-electron chi connectivity index (χ0n) is 12.5. The molecule has 0 aliphatic carbocycles. The Labute approximate surface area is 133 Å². The van der Waals surface area contributed by atoms with Gasteiger partial charge in [-0.15, -0.1) is 11.3 Å². The van der Waals surface area contributed by atoms with Crippen molar-refractivity contribution in [2.24, 2.45) is 7.05 Å². The first-order valence-corrected chi connectivity index (χ1v) is 8.67. The molecule has 2 heterocycles. The van der Waals surface area contributed by atoms with E-state index in [1.54, 1.807) is 0 Å². The van der Waals surface area contributed by atoms with E-state index in [0.29, 0.717) is 6.04 Å². The van der Waals surface area contributed by atoms with Crippen molar-refractivity contribution in [1.29, 1.82) is 0 Å². The smallest absolute Gasteiger partial charge is 0.0731 e. The predicted octanol–water partition coefficient (Wildman–Crippen LogP) is 4.01. The van der Waals surface area contributed by atoms with E-state index in [-0.39, 0.29) is 0 Å². The SMILES string of the molecule is CCNC(Cc1cc(CC)nn1C)c1cc(C)c(Br)s1. The van der Waals surface area contributed by atoms with Crippen LogP contribution >= 0.6 is 27.3 Å². The number of likely N-dealkylation sites (N-methyl/N-ethyl adjacent to an activating group) is 1. The molecule has 0 fully saturated rings. The highest BCUT2D eigenvalue weighted by Gasteiger charge is 2.17. The molecule has 20 heavy (non-hydrogen) atoms. The Bertz CT molecular complexity index is 554. The van der Waals surface area contributed by atoms with E-state index in [1.807, 2.05) is 23.1 Å². The van der Waals surface area contributed by atoms with Crippen LogP contribution in [-0.4, -0.2) is 16.3 Å². The van der Waals surface area contributed by atoms with Crippen molar-refractivity contribution in [3.8, 4) is 0 Å². The molecule has 0 aliphatic rings. The molecule has 2 aromatic heterocycles. The number of aromatic nitrogens is 2. The van der Waals surface area contributed by atoms with Gasteiger partial charge in [-0.1, -0.05) is 13.8 Å². The highest BCUT2D eigenvalue weighted by Crippen LogP contribution is 2.32. The molecule has 0 spiro atoms. The van der Waals surface area contributed by atoms with Gasteiger partial charge in [-0.2, -0.15) is 5.10 Å². The van der Waals surface area contributed by atoms with Crippen LogP contribution in [0.15, 0.2) is 15.9 Å². The normalized spacial score (nSPS) is 12.8. The summed E-state index contributed by atoms with van der Waals surface area (Å²) in [6.45, 7) is 7.42. The van der Waals surface area contributed by atoms with Gasteiger partial charge in [0.05, 0.1) is 9.48 Å². The van der Waals surface area contributed by atoms with Crippen molar-refractivity contribution in [2.75, 3.05) is 6.54 Å². The summed E-state index contributed by atoms with van der Waals surface area (Å²) in [4.78, 5) is 1.38. The summed E-state index contributed by atoms with van der Waals surface area (Å²) in [6.07, 6.45) is 1.97.